The zero-order chi connectivity index (χ0) is 19.6. The van der Waals surface area contributed by atoms with Crippen molar-refractivity contribution in [1.82, 2.24) is 0 Å². The first-order valence-electron chi connectivity index (χ1n) is 9.24. The number of hydrogen-bond donors (Lipinski definition) is 2. The van der Waals surface area contributed by atoms with Gasteiger partial charge >= 0.3 is 11.9 Å². The maximum Gasteiger partial charge on any atom is 0.330 e. The summed E-state index contributed by atoms with van der Waals surface area (Å²) in [6.07, 6.45) is 0.0792. The van der Waals surface area contributed by atoms with Crippen molar-refractivity contribution in [2.45, 2.75) is 78.6 Å². The zero-order valence-electron chi connectivity index (χ0n) is 16.8. The molecule has 1 saturated heterocycles. The Morgan fingerprint density at radius 3 is 2.20 bits per heavy atom. The Morgan fingerprint density at radius 1 is 1.28 bits per heavy atom. The average molecular weight is 357 g/mol. The van der Waals surface area contributed by atoms with E-state index >= 15 is 0 Å². The second-order valence-corrected chi connectivity index (χ2v) is 9.00. The quantitative estimate of drug-likeness (QED) is 0.678. The van der Waals surface area contributed by atoms with Gasteiger partial charge in [0.05, 0.1) is 5.92 Å². The standard InChI is InChI=1S/C19H36N2O4/c1-11(2)13(10-20)9-19(21,17(23)25-18(5,6)7)15-8-14(12(3)4)16(22)24-15/h11-15H,8-10,20-21H2,1-7H3/t13-,14+,15+,19+/m1/s1. The summed E-state index contributed by atoms with van der Waals surface area (Å²) in [4.78, 5) is 25.2. The number of carbonyl (C=O) groups is 2. The maximum absolute atomic E-state index is 12.9. The third kappa shape index (κ3) is 5.42. The van der Waals surface area contributed by atoms with E-state index in [2.05, 4.69) is 0 Å². The van der Waals surface area contributed by atoms with E-state index in [4.69, 9.17) is 20.9 Å². The molecular weight excluding hydrogens is 320 g/mol. The normalized spacial score (nSPS) is 25.0. The van der Waals surface area contributed by atoms with E-state index in [-0.39, 0.29) is 29.6 Å². The first kappa shape index (κ1) is 21.9. The predicted octanol–water partition coefficient (Wildman–Crippen LogP) is 2.23. The summed E-state index contributed by atoms with van der Waals surface area (Å²) in [5.74, 6) is -0.627. The molecule has 0 aromatic heterocycles. The second kappa shape index (κ2) is 8.04. The van der Waals surface area contributed by atoms with E-state index in [1.165, 1.54) is 0 Å². The molecule has 0 bridgehead atoms. The van der Waals surface area contributed by atoms with Gasteiger partial charge in [0.15, 0.2) is 5.54 Å². The van der Waals surface area contributed by atoms with Gasteiger partial charge in [-0.2, -0.15) is 0 Å². The van der Waals surface area contributed by atoms with Gasteiger partial charge in [-0.25, -0.2) is 4.79 Å². The van der Waals surface area contributed by atoms with Gasteiger partial charge in [-0.15, -0.1) is 0 Å². The fraction of sp³-hybridized carbons (Fsp3) is 0.895. The Balaban J connectivity index is 3.15. The minimum atomic E-state index is -1.39. The lowest BCUT2D eigenvalue weighted by Gasteiger charge is -2.37. The number of hydrogen-bond acceptors (Lipinski definition) is 6. The lowest BCUT2D eigenvalue weighted by atomic mass is 9.76. The largest absolute Gasteiger partial charge is 0.460 e. The molecule has 0 amide bonds. The zero-order valence-corrected chi connectivity index (χ0v) is 16.8. The fourth-order valence-corrected chi connectivity index (χ4v) is 3.21. The molecule has 0 aromatic rings. The summed E-state index contributed by atoms with van der Waals surface area (Å²) in [7, 11) is 0. The van der Waals surface area contributed by atoms with Crippen molar-refractivity contribution in [1.29, 1.82) is 0 Å². The van der Waals surface area contributed by atoms with E-state index < -0.39 is 23.2 Å². The van der Waals surface area contributed by atoms with Crippen LogP contribution in [-0.4, -0.2) is 35.7 Å². The summed E-state index contributed by atoms with van der Waals surface area (Å²) >= 11 is 0. The third-order valence-corrected chi connectivity index (χ3v) is 5.03. The molecule has 6 heteroatoms. The van der Waals surface area contributed by atoms with Gasteiger partial charge in [0, 0.05) is 6.42 Å². The molecule has 4 N–H and O–H groups in total. The van der Waals surface area contributed by atoms with Crippen LogP contribution in [-0.2, 0) is 19.1 Å². The van der Waals surface area contributed by atoms with Gasteiger partial charge < -0.3 is 20.9 Å². The summed E-state index contributed by atoms with van der Waals surface area (Å²) < 4.78 is 11.1. The molecule has 1 fully saturated rings. The Hall–Kier alpha value is -1.14. The van der Waals surface area contributed by atoms with Crippen molar-refractivity contribution in [2.75, 3.05) is 6.54 Å². The molecule has 0 saturated carbocycles. The van der Waals surface area contributed by atoms with Crippen LogP contribution in [0.15, 0.2) is 0 Å². The van der Waals surface area contributed by atoms with Crippen LogP contribution >= 0.6 is 0 Å². The molecule has 0 aliphatic carbocycles. The highest BCUT2D eigenvalue weighted by Gasteiger charge is 2.53. The summed E-state index contributed by atoms with van der Waals surface area (Å²) in [5, 5.41) is 0. The lowest BCUT2D eigenvalue weighted by Crippen LogP contribution is -2.60. The number of nitrogens with two attached hydrogens (primary N) is 2. The molecule has 1 aliphatic rings. The highest BCUT2D eigenvalue weighted by Crippen LogP contribution is 2.37. The predicted molar refractivity (Wildman–Crippen MR) is 97.6 cm³/mol. The summed E-state index contributed by atoms with van der Waals surface area (Å²) in [5.41, 5.74) is 10.4. The van der Waals surface area contributed by atoms with Crippen LogP contribution in [0.5, 0.6) is 0 Å². The summed E-state index contributed by atoms with van der Waals surface area (Å²) in [6.45, 7) is 13.8. The molecular formula is C19H36N2O4. The Kier molecular flexibility index (Phi) is 7.04. The molecule has 4 atom stereocenters. The highest BCUT2D eigenvalue weighted by molar-refractivity contribution is 5.84. The van der Waals surface area contributed by atoms with Gasteiger partial charge in [0.2, 0.25) is 0 Å². The van der Waals surface area contributed by atoms with Crippen molar-refractivity contribution in [3.63, 3.8) is 0 Å². The minimum Gasteiger partial charge on any atom is -0.460 e. The van der Waals surface area contributed by atoms with Crippen LogP contribution in [0, 0.1) is 23.7 Å². The minimum absolute atomic E-state index is 0.0364. The molecule has 25 heavy (non-hydrogen) atoms. The van der Waals surface area contributed by atoms with Gasteiger partial charge in [-0.05, 0) is 51.5 Å². The number of carbonyl (C=O) groups excluding carboxylic acids is 2. The van der Waals surface area contributed by atoms with Crippen LogP contribution in [0.1, 0.15) is 61.3 Å². The van der Waals surface area contributed by atoms with Crippen LogP contribution in [0.2, 0.25) is 0 Å². The molecule has 146 valence electrons. The van der Waals surface area contributed by atoms with Crippen molar-refractivity contribution < 1.29 is 19.1 Å². The molecule has 0 aromatic carbocycles. The van der Waals surface area contributed by atoms with E-state index in [0.717, 1.165) is 0 Å². The lowest BCUT2D eigenvalue weighted by molar-refractivity contribution is -0.170. The smallest absolute Gasteiger partial charge is 0.330 e. The molecule has 1 rings (SSSR count). The molecule has 0 unspecified atom stereocenters. The van der Waals surface area contributed by atoms with Crippen molar-refractivity contribution in [3.05, 3.63) is 0 Å². The van der Waals surface area contributed by atoms with E-state index in [9.17, 15) is 9.59 Å². The first-order valence-corrected chi connectivity index (χ1v) is 9.24. The van der Waals surface area contributed by atoms with Crippen molar-refractivity contribution in [2.24, 2.45) is 35.1 Å². The molecule has 0 spiro atoms. The first-order chi connectivity index (χ1) is 11.3. The fourth-order valence-electron chi connectivity index (χ4n) is 3.21. The topological polar surface area (TPSA) is 105 Å². The maximum atomic E-state index is 12.9. The van der Waals surface area contributed by atoms with Gasteiger partial charge in [0.1, 0.15) is 11.7 Å². The van der Waals surface area contributed by atoms with E-state index in [1.807, 2.05) is 27.7 Å². The van der Waals surface area contributed by atoms with Gasteiger partial charge in [0.25, 0.3) is 0 Å². The molecule has 1 heterocycles. The Bertz CT molecular complexity index is 484. The number of esters is 2. The molecule has 1 aliphatic heterocycles. The van der Waals surface area contributed by atoms with Crippen LogP contribution in [0.4, 0.5) is 0 Å². The highest BCUT2D eigenvalue weighted by atomic mass is 16.6. The monoisotopic (exact) mass is 356 g/mol. The Labute approximate surface area is 152 Å². The van der Waals surface area contributed by atoms with E-state index in [0.29, 0.717) is 19.4 Å². The van der Waals surface area contributed by atoms with Gasteiger partial charge in [-0.3, -0.25) is 4.79 Å². The number of cyclic esters (lactones) is 1. The van der Waals surface area contributed by atoms with Crippen molar-refractivity contribution in [3.8, 4) is 0 Å². The number of rotatable bonds is 7. The average Bonchev–Trinajstić information content (AvgIpc) is 2.84. The van der Waals surface area contributed by atoms with E-state index in [1.54, 1.807) is 20.8 Å². The second-order valence-electron chi connectivity index (χ2n) is 9.00. The van der Waals surface area contributed by atoms with Crippen molar-refractivity contribution >= 4 is 11.9 Å². The Morgan fingerprint density at radius 2 is 1.84 bits per heavy atom. The van der Waals surface area contributed by atoms with Crippen LogP contribution < -0.4 is 11.5 Å². The van der Waals surface area contributed by atoms with Crippen LogP contribution in [0.25, 0.3) is 0 Å². The third-order valence-electron chi connectivity index (χ3n) is 5.03. The molecule has 6 nitrogen and oxygen atoms in total. The summed E-state index contributed by atoms with van der Waals surface area (Å²) in [6, 6.07) is 0. The van der Waals surface area contributed by atoms with Crippen LogP contribution in [0.3, 0.4) is 0 Å². The van der Waals surface area contributed by atoms with Gasteiger partial charge in [-0.1, -0.05) is 27.7 Å². The SMILES string of the molecule is CC(C)[C@@H](CN)C[C@@](N)(C(=O)OC(C)(C)C)[C@@H]1C[C@@H](C(C)C)C(=O)O1. The number of ether oxygens (including phenoxy) is 2. The molecule has 0 radical (unpaired) electrons.